The zero-order valence-electron chi connectivity index (χ0n) is 11.1. The maximum absolute atomic E-state index is 11.9. The Labute approximate surface area is 114 Å². The molecule has 3 heteroatoms. The molecule has 0 saturated heterocycles. The Kier molecular flexibility index (Phi) is 5.00. The highest BCUT2D eigenvalue weighted by Gasteiger charge is 2.18. The summed E-state index contributed by atoms with van der Waals surface area (Å²) in [7, 11) is 0. The number of amides is 1. The fourth-order valence-electron chi connectivity index (χ4n) is 2.48. The number of hydrogen-bond acceptors (Lipinski definition) is 2. The smallest absolute Gasteiger partial charge is 0.224 e. The molecule has 1 aromatic rings. The molecule has 1 amide bonds. The number of rotatable bonds is 3. The van der Waals surface area contributed by atoms with Crippen LogP contribution in [0.3, 0.4) is 0 Å². The van der Waals surface area contributed by atoms with E-state index in [4.69, 9.17) is 5.73 Å². The standard InChI is InChI=1S/C16H20N2O/c17-11-3-6-13-7-9-15(10-8-13)18-16(19)12-14-4-1-2-5-14/h7-10,14H,1-2,4-5,11-12,17H2,(H,18,19). The molecule has 2 rings (SSSR count). The minimum Gasteiger partial charge on any atom is -0.326 e. The van der Waals surface area contributed by atoms with Gasteiger partial charge in [-0.05, 0) is 43.0 Å². The van der Waals surface area contributed by atoms with Crippen molar-refractivity contribution in [1.29, 1.82) is 0 Å². The highest BCUT2D eigenvalue weighted by atomic mass is 16.1. The van der Waals surface area contributed by atoms with Gasteiger partial charge in [-0.15, -0.1) is 0 Å². The Bertz CT molecular complexity index is 476. The molecule has 100 valence electrons. The monoisotopic (exact) mass is 256 g/mol. The number of benzene rings is 1. The number of hydrogen-bond donors (Lipinski definition) is 2. The third-order valence-electron chi connectivity index (χ3n) is 3.45. The minimum absolute atomic E-state index is 0.118. The molecule has 0 unspecified atom stereocenters. The highest BCUT2D eigenvalue weighted by molar-refractivity contribution is 5.90. The second-order valence-corrected chi connectivity index (χ2v) is 4.99. The van der Waals surface area contributed by atoms with E-state index in [-0.39, 0.29) is 5.91 Å². The van der Waals surface area contributed by atoms with Crippen LogP contribution < -0.4 is 11.1 Å². The Hall–Kier alpha value is -1.79. The minimum atomic E-state index is 0.118. The topological polar surface area (TPSA) is 55.1 Å². The van der Waals surface area contributed by atoms with Crippen LogP contribution in [0.1, 0.15) is 37.7 Å². The molecule has 3 N–H and O–H groups in total. The average Bonchev–Trinajstić information content (AvgIpc) is 2.90. The molecular formula is C16H20N2O. The summed E-state index contributed by atoms with van der Waals surface area (Å²) in [5.74, 6) is 6.46. The first-order chi connectivity index (χ1) is 9.28. The number of carbonyl (C=O) groups excluding carboxylic acids is 1. The van der Waals surface area contributed by atoms with Crippen LogP contribution in [0.2, 0.25) is 0 Å². The van der Waals surface area contributed by atoms with Crippen molar-refractivity contribution < 1.29 is 4.79 Å². The number of carbonyl (C=O) groups is 1. The first kappa shape index (κ1) is 13.6. The second-order valence-electron chi connectivity index (χ2n) is 4.99. The van der Waals surface area contributed by atoms with Gasteiger partial charge in [-0.2, -0.15) is 0 Å². The van der Waals surface area contributed by atoms with Gasteiger partial charge < -0.3 is 11.1 Å². The molecule has 19 heavy (non-hydrogen) atoms. The van der Waals surface area contributed by atoms with Crippen molar-refractivity contribution in [2.24, 2.45) is 11.7 Å². The molecule has 0 atom stereocenters. The Morgan fingerprint density at radius 3 is 2.58 bits per heavy atom. The molecule has 3 nitrogen and oxygen atoms in total. The summed E-state index contributed by atoms with van der Waals surface area (Å²) >= 11 is 0. The van der Waals surface area contributed by atoms with Gasteiger partial charge in [0.25, 0.3) is 0 Å². The van der Waals surface area contributed by atoms with E-state index >= 15 is 0 Å². The lowest BCUT2D eigenvalue weighted by Crippen LogP contribution is -2.15. The van der Waals surface area contributed by atoms with Crippen LogP contribution in [0.15, 0.2) is 24.3 Å². The van der Waals surface area contributed by atoms with Crippen molar-refractivity contribution in [2.75, 3.05) is 11.9 Å². The van der Waals surface area contributed by atoms with Gasteiger partial charge in [0.1, 0.15) is 0 Å². The van der Waals surface area contributed by atoms with Crippen molar-refractivity contribution in [2.45, 2.75) is 32.1 Å². The lowest BCUT2D eigenvalue weighted by molar-refractivity contribution is -0.117. The Balaban J connectivity index is 1.86. The first-order valence-corrected chi connectivity index (χ1v) is 6.87. The van der Waals surface area contributed by atoms with Gasteiger partial charge in [-0.25, -0.2) is 0 Å². The van der Waals surface area contributed by atoms with Crippen LogP contribution in [-0.2, 0) is 4.79 Å². The lowest BCUT2D eigenvalue weighted by atomic mass is 10.0. The molecule has 0 radical (unpaired) electrons. The van der Waals surface area contributed by atoms with Crippen LogP contribution in [0, 0.1) is 17.8 Å². The molecule has 1 aliphatic carbocycles. The largest absolute Gasteiger partial charge is 0.326 e. The molecule has 1 aromatic carbocycles. The summed E-state index contributed by atoms with van der Waals surface area (Å²) in [5.41, 5.74) is 7.07. The molecule has 1 fully saturated rings. The van der Waals surface area contributed by atoms with E-state index in [0.29, 0.717) is 18.9 Å². The number of nitrogens with two attached hydrogens (primary N) is 1. The summed E-state index contributed by atoms with van der Waals surface area (Å²) in [4.78, 5) is 11.9. The summed E-state index contributed by atoms with van der Waals surface area (Å²) in [5, 5.41) is 2.94. The van der Waals surface area contributed by atoms with E-state index < -0.39 is 0 Å². The van der Waals surface area contributed by atoms with E-state index in [1.807, 2.05) is 24.3 Å². The van der Waals surface area contributed by atoms with E-state index in [2.05, 4.69) is 17.2 Å². The van der Waals surface area contributed by atoms with Crippen molar-refractivity contribution in [3.8, 4) is 11.8 Å². The normalized spacial score (nSPS) is 14.8. The Morgan fingerprint density at radius 2 is 1.95 bits per heavy atom. The quantitative estimate of drug-likeness (QED) is 0.816. The third kappa shape index (κ3) is 4.42. The maximum Gasteiger partial charge on any atom is 0.224 e. The van der Waals surface area contributed by atoms with Gasteiger partial charge in [0.15, 0.2) is 0 Å². The van der Waals surface area contributed by atoms with E-state index in [0.717, 1.165) is 11.3 Å². The SMILES string of the molecule is NCC#Cc1ccc(NC(=O)CC2CCCC2)cc1. The van der Waals surface area contributed by atoms with Crippen LogP contribution in [0.25, 0.3) is 0 Å². The van der Waals surface area contributed by atoms with Crippen LogP contribution in [0.5, 0.6) is 0 Å². The number of nitrogens with one attached hydrogen (secondary N) is 1. The van der Waals surface area contributed by atoms with Crippen LogP contribution >= 0.6 is 0 Å². The van der Waals surface area contributed by atoms with E-state index in [9.17, 15) is 4.79 Å². The van der Waals surface area contributed by atoms with E-state index in [1.165, 1.54) is 25.7 Å². The van der Waals surface area contributed by atoms with Gasteiger partial charge in [0, 0.05) is 17.7 Å². The van der Waals surface area contributed by atoms with Crippen molar-refractivity contribution in [3.05, 3.63) is 29.8 Å². The Morgan fingerprint density at radius 1 is 1.26 bits per heavy atom. The second kappa shape index (κ2) is 6.96. The molecule has 0 heterocycles. The average molecular weight is 256 g/mol. The van der Waals surface area contributed by atoms with Crippen molar-refractivity contribution >= 4 is 11.6 Å². The van der Waals surface area contributed by atoms with Crippen LogP contribution in [-0.4, -0.2) is 12.5 Å². The highest BCUT2D eigenvalue weighted by Crippen LogP contribution is 2.27. The zero-order valence-corrected chi connectivity index (χ0v) is 11.1. The molecule has 1 saturated carbocycles. The molecular weight excluding hydrogens is 236 g/mol. The zero-order chi connectivity index (χ0) is 13.5. The third-order valence-corrected chi connectivity index (χ3v) is 3.45. The number of anilines is 1. The first-order valence-electron chi connectivity index (χ1n) is 6.87. The molecule has 0 bridgehead atoms. The lowest BCUT2D eigenvalue weighted by Gasteiger charge is -2.09. The molecule has 0 spiro atoms. The van der Waals surface area contributed by atoms with Gasteiger partial charge >= 0.3 is 0 Å². The predicted octanol–water partition coefficient (Wildman–Crippen LogP) is 2.52. The molecule has 0 aliphatic heterocycles. The maximum atomic E-state index is 11.9. The van der Waals surface area contributed by atoms with Gasteiger partial charge in [0.05, 0.1) is 6.54 Å². The summed E-state index contributed by atoms with van der Waals surface area (Å²) in [6.07, 6.45) is 5.58. The van der Waals surface area contributed by atoms with Gasteiger partial charge in [-0.3, -0.25) is 4.79 Å². The van der Waals surface area contributed by atoms with Gasteiger partial charge in [-0.1, -0.05) is 24.7 Å². The predicted molar refractivity (Wildman–Crippen MR) is 77.6 cm³/mol. The fourth-order valence-corrected chi connectivity index (χ4v) is 2.48. The summed E-state index contributed by atoms with van der Waals surface area (Å²) in [6, 6.07) is 7.56. The van der Waals surface area contributed by atoms with Crippen molar-refractivity contribution in [1.82, 2.24) is 0 Å². The summed E-state index contributed by atoms with van der Waals surface area (Å²) < 4.78 is 0. The van der Waals surface area contributed by atoms with Crippen molar-refractivity contribution in [3.63, 3.8) is 0 Å². The van der Waals surface area contributed by atoms with Gasteiger partial charge in [0.2, 0.25) is 5.91 Å². The molecule has 0 aromatic heterocycles. The fraction of sp³-hybridized carbons (Fsp3) is 0.438. The van der Waals surface area contributed by atoms with Crippen LogP contribution in [0.4, 0.5) is 5.69 Å². The van der Waals surface area contributed by atoms with E-state index in [1.54, 1.807) is 0 Å². The molecule has 1 aliphatic rings. The summed E-state index contributed by atoms with van der Waals surface area (Å²) in [6.45, 7) is 0.361.